The van der Waals surface area contributed by atoms with E-state index in [1.807, 2.05) is 0 Å². The molecule has 0 spiro atoms. The van der Waals surface area contributed by atoms with Crippen LogP contribution in [0, 0.1) is 0 Å². The fourth-order valence-electron chi connectivity index (χ4n) is 1.06. The maximum absolute atomic E-state index is 6.95. The van der Waals surface area contributed by atoms with Crippen LogP contribution in [-0.2, 0) is 0 Å². The molecule has 0 aromatic heterocycles. The average Bonchev–Trinajstić information content (AvgIpc) is 2.10. The van der Waals surface area contributed by atoms with E-state index in [9.17, 15) is 0 Å². The van der Waals surface area contributed by atoms with Gasteiger partial charge in [-0.1, -0.05) is 65.2 Å². The van der Waals surface area contributed by atoms with Gasteiger partial charge >= 0.3 is 0 Å². The van der Waals surface area contributed by atoms with Crippen molar-refractivity contribution in [3.63, 3.8) is 0 Å². The summed E-state index contributed by atoms with van der Waals surface area (Å²) in [4.78, 5) is 0. The van der Waals surface area contributed by atoms with E-state index in [0.29, 0.717) is 13.8 Å². The number of hydrogen-bond donors (Lipinski definition) is 0. The molecule has 0 saturated carbocycles. The summed E-state index contributed by atoms with van der Waals surface area (Å²) < 4.78 is 13.9. The Hall–Kier alpha value is 0. The molecule has 0 aromatic carbocycles. The number of unbranched alkanes of at least 4 members (excludes halogenated alkanes) is 7. The van der Waals surface area contributed by atoms with Crippen molar-refractivity contribution >= 4 is 0 Å². The Labute approximate surface area is 68.8 Å². The molecular weight excluding hydrogens is 120 g/mol. The topological polar surface area (TPSA) is 0 Å². The number of hydrogen-bond acceptors (Lipinski definition) is 0. The molecule has 0 aliphatic heterocycles. The van der Waals surface area contributed by atoms with Gasteiger partial charge in [-0.25, -0.2) is 0 Å². The quantitative estimate of drug-likeness (QED) is 0.471. The molecule has 0 aromatic rings. The molecule has 10 heavy (non-hydrogen) atoms. The second-order valence-corrected chi connectivity index (χ2v) is 2.83. The summed E-state index contributed by atoms with van der Waals surface area (Å²) in [6.45, 7) is 1.19. The normalized spacial score (nSPS) is 12.8. The van der Waals surface area contributed by atoms with Crippen molar-refractivity contribution in [3.05, 3.63) is 0 Å². The molecule has 62 valence electrons. The Morgan fingerprint density at radius 2 is 1.10 bits per heavy atom. The Kier molecular flexibility index (Phi) is 6.02. The van der Waals surface area contributed by atoms with Crippen molar-refractivity contribution in [2.45, 2.75) is 65.2 Å². The van der Waals surface area contributed by atoms with Crippen LogP contribution in [0.4, 0.5) is 0 Å². The molecule has 0 aliphatic carbocycles. The first kappa shape index (κ1) is 6.69. The van der Waals surface area contributed by atoms with Gasteiger partial charge in [-0.2, -0.15) is 0 Å². The van der Waals surface area contributed by atoms with Gasteiger partial charge in [-0.15, -0.1) is 0 Å². The van der Waals surface area contributed by atoms with E-state index in [1.165, 1.54) is 38.5 Å². The van der Waals surface area contributed by atoms with E-state index in [0.717, 1.165) is 12.8 Å². The zero-order chi connectivity index (χ0) is 9.07. The molecule has 0 bridgehead atoms. The SMILES string of the molecule is [2H]CCCCCCCCCC[2H]. The maximum atomic E-state index is 6.95. The van der Waals surface area contributed by atoms with Crippen LogP contribution >= 0.6 is 0 Å². The zero-order valence-electron chi connectivity index (χ0n) is 9.07. The molecule has 0 nitrogen and oxygen atoms in total. The Bertz CT molecular complexity index is 64.2. The Morgan fingerprint density at radius 3 is 1.50 bits per heavy atom. The molecule has 0 atom stereocenters. The monoisotopic (exact) mass is 144 g/mol. The van der Waals surface area contributed by atoms with Crippen LogP contribution in [0.15, 0.2) is 0 Å². The average molecular weight is 144 g/mol. The molecule has 0 rings (SSSR count). The lowest BCUT2D eigenvalue weighted by Gasteiger charge is -1.97. The van der Waals surface area contributed by atoms with Gasteiger partial charge in [-0.3, -0.25) is 0 Å². The van der Waals surface area contributed by atoms with Crippen LogP contribution < -0.4 is 0 Å². The lowest BCUT2D eigenvalue weighted by Crippen LogP contribution is -1.77. The zero-order valence-corrected chi connectivity index (χ0v) is 7.07. The summed E-state index contributed by atoms with van der Waals surface area (Å²) in [5.74, 6) is 0. The smallest absolute Gasteiger partial charge is 0.0230 e. The first-order valence-corrected chi connectivity index (χ1v) is 4.50. The van der Waals surface area contributed by atoms with Crippen LogP contribution in [-0.4, -0.2) is 0 Å². The van der Waals surface area contributed by atoms with Crippen LogP contribution in [0.2, 0.25) is 0 Å². The fourth-order valence-corrected chi connectivity index (χ4v) is 1.06. The molecule has 0 amide bonds. The van der Waals surface area contributed by atoms with Gasteiger partial charge in [0.25, 0.3) is 0 Å². The van der Waals surface area contributed by atoms with Crippen molar-refractivity contribution in [1.29, 1.82) is 0 Å². The fraction of sp³-hybridized carbons (Fsp3) is 1.00. The second kappa shape index (κ2) is 9.00. The molecule has 0 saturated heterocycles. The van der Waals surface area contributed by atoms with E-state index in [-0.39, 0.29) is 0 Å². The molecule has 0 unspecified atom stereocenters. The summed E-state index contributed by atoms with van der Waals surface area (Å²) in [7, 11) is 0. The van der Waals surface area contributed by atoms with Crippen molar-refractivity contribution in [3.8, 4) is 0 Å². The molecule has 0 heteroatoms. The minimum Gasteiger partial charge on any atom is -0.0654 e. The highest BCUT2D eigenvalue weighted by Crippen LogP contribution is 2.07. The predicted molar refractivity (Wildman–Crippen MR) is 48.3 cm³/mol. The largest absolute Gasteiger partial charge is 0.0654 e. The summed E-state index contributed by atoms with van der Waals surface area (Å²) in [5, 5.41) is 0. The molecule has 0 fully saturated rings. The maximum Gasteiger partial charge on any atom is 0.0230 e. The minimum atomic E-state index is 0.596. The molecular formula is C10H22. The Balaban J connectivity index is 2.73. The van der Waals surface area contributed by atoms with Gasteiger partial charge < -0.3 is 0 Å². The summed E-state index contributed by atoms with van der Waals surface area (Å²) in [6.07, 6.45) is 9.90. The van der Waals surface area contributed by atoms with Crippen molar-refractivity contribution in [2.75, 3.05) is 0 Å². The summed E-state index contributed by atoms with van der Waals surface area (Å²) in [5.41, 5.74) is 0. The second-order valence-electron chi connectivity index (χ2n) is 2.83. The number of rotatable bonds is 7. The van der Waals surface area contributed by atoms with E-state index >= 15 is 0 Å². The van der Waals surface area contributed by atoms with Crippen LogP contribution in [0.25, 0.3) is 0 Å². The molecule has 0 heterocycles. The van der Waals surface area contributed by atoms with Crippen molar-refractivity contribution < 1.29 is 2.74 Å². The summed E-state index contributed by atoms with van der Waals surface area (Å²) >= 11 is 0. The highest BCUT2D eigenvalue weighted by atomic mass is 13.9. The van der Waals surface area contributed by atoms with E-state index in [2.05, 4.69) is 0 Å². The third-order valence-corrected chi connectivity index (χ3v) is 1.75. The van der Waals surface area contributed by atoms with Crippen molar-refractivity contribution in [2.24, 2.45) is 0 Å². The van der Waals surface area contributed by atoms with Gasteiger partial charge in [0.1, 0.15) is 0 Å². The van der Waals surface area contributed by atoms with E-state index in [1.54, 1.807) is 0 Å². The van der Waals surface area contributed by atoms with Gasteiger partial charge in [0.15, 0.2) is 0 Å². The summed E-state index contributed by atoms with van der Waals surface area (Å²) in [6, 6.07) is 0. The molecule has 0 N–H and O–H groups in total. The molecule has 0 aliphatic rings. The minimum absolute atomic E-state index is 0.596. The van der Waals surface area contributed by atoms with E-state index < -0.39 is 0 Å². The van der Waals surface area contributed by atoms with Crippen molar-refractivity contribution in [1.82, 2.24) is 0 Å². The van der Waals surface area contributed by atoms with Gasteiger partial charge in [0.05, 0.1) is 0 Å². The third kappa shape index (κ3) is 8.00. The van der Waals surface area contributed by atoms with Gasteiger partial charge in [0.2, 0.25) is 0 Å². The van der Waals surface area contributed by atoms with Crippen LogP contribution in [0.3, 0.4) is 0 Å². The highest BCUT2D eigenvalue weighted by molar-refractivity contribution is 4.43. The predicted octanol–water partition coefficient (Wildman–Crippen LogP) is 4.15. The van der Waals surface area contributed by atoms with E-state index in [4.69, 9.17) is 2.74 Å². The standard InChI is InChI=1S/C10H22/c1-3-5-7-9-10-8-6-4-2/h3-10H2,1-2H3/i1D,2D. The van der Waals surface area contributed by atoms with Gasteiger partial charge in [0, 0.05) is 2.74 Å². The first-order chi connectivity index (χ1) is 5.91. The third-order valence-electron chi connectivity index (χ3n) is 1.75. The van der Waals surface area contributed by atoms with Crippen LogP contribution in [0.5, 0.6) is 0 Å². The molecule has 0 radical (unpaired) electrons. The highest BCUT2D eigenvalue weighted by Gasteiger charge is 1.87. The first-order valence-electron chi connectivity index (χ1n) is 5.91. The van der Waals surface area contributed by atoms with Crippen LogP contribution in [0.1, 0.15) is 67.9 Å². The lowest BCUT2D eigenvalue weighted by molar-refractivity contribution is 0.585. The Morgan fingerprint density at radius 1 is 0.700 bits per heavy atom. The van der Waals surface area contributed by atoms with Gasteiger partial charge in [-0.05, 0) is 0 Å². The lowest BCUT2D eigenvalue weighted by atomic mass is 10.1.